The quantitative estimate of drug-likeness (QED) is 0.817. The first-order chi connectivity index (χ1) is 7.27. The average Bonchev–Trinajstić information content (AvgIpc) is 2.14. The van der Waals surface area contributed by atoms with Crippen molar-refractivity contribution in [2.45, 2.75) is 11.8 Å². The van der Waals surface area contributed by atoms with Crippen LogP contribution in [0, 0.1) is 6.92 Å². The average molecular weight is 248 g/mol. The molecule has 0 atom stereocenters. The Bertz CT molecular complexity index is 535. The summed E-state index contributed by atoms with van der Waals surface area (Å²) in [5.41, 5.74) is 0.00813. The molecule has 1 N–H and O–H groups in total. The molecule has 0 aliphatic heterocycles. The third-order valence-corrected chi connectivity index (χ3v) is 2.85. The first-order valence-electron chi connectivity index (χ1n) is 4.14. The van der Waals surface area contributed by atoms with E-state index < -0.39 is 21.1 Å². The van der Waals surface area contributed by atoms with Gasteiger partial charge in [-0.05, 0) is 24.6 Å². The van der Waals surface area contributed by atoms with E-state index in [1.807, 2.05) is 0 Å². The number of aryl methyl sites for hydroxylation is 1. The van der Waals surface area contributed by atoms with E-state index in [9.17, 15) is 17.1 Å². The highest BCUT2D eigenvalue weighted by atomic mass is 32.3. The summed E-state index contributed by atoms with van der Waals surface area (Å²) in [6.45, 7) is 1.46. The standard InChI is InChI=1S/C9H9FO5S/c1-5-3-7(15-2)8(16(10,13)14)4-6(5)9(11)12/h3-4H,1-2H3,(H,11,12). The molecule has 0 heterocycles. The van der Waals surface area contributed by atoms with Gasteiger partial charge in [0, 0.05) is 0 Å². The number of methoxy groups -OCH3 is 1. The van der Waals surface area contributed by atoms with E-state index in [1.54, 1.807) is 0 Å². The molecule has 0 bridgehead atoms. The van der Waals surface area contributed by atoms with Gasteiger partial charge >= 0.3 is 16.2 Å². The number of carbonyl (C=O) groups is 1. The normalized spacial score (nSPS) is 11.2. The molecule has 0 aliphatic carbocycles. The van der Waals surface area contributed by atoms with Crippen LogP contribution < -0.4 is 4.74 Å². The Hall–Kier alpha value is -1.63. The minimum atomic E-state index is -5.01. The SMILES string of the molecule is COc1cc(C)c(C(=O)O)cc1S(=O)(=O)F. The van der Waals surface area contributed by atoms with Gasteiger partial charge in [0.05, 0.1) is 12.7 Å². The maximum Gasteiger partial charge on any atom is 0.336 e. The van der Waals surface area contributed by atoms with Gasteiger partial charge in [0.25, 0.3) is 0 Å². The zero-order valence-electron chi connectivity index (χ0n) is 8.52. The molecule has 1 rings (SSSR count). The molecule has 16 heavy (non-hydrogen) atoms. The summed E-state index contributed by atoms with van der Waals surface area (Å²) in [4.78, 5) is 9.96. The molecule has 0 fully saturated rings. The summed E-state index contributed by atoms with van der Waals surface area (Å²) < 4.78 is 39.0. The van der Waals surface area contributed by atoms with Crippen molar-refractivity contribution in [1.29, 1.82) is 0 Å². The predicted octanol–water partition coefficient (Wildman–Crippen LogP) is 1.36. The van der Waals surface area contributed by atoms with Crippen LogP contribution in [0.1, 0.15) is 15.9 Å². The number of hydrogen-bond acceptors (Lipinski definition) is 4. The van der Waals surface area contributed by atoms with Crippen molar-refractivity contribution < 1.29 is 26.9 Å². The summed E-state index contributed by atoms with van der Waals surface area (Å²) in [5.74, 6) is -1.55. The van der Waals surface area contributed by atoms with Gasteiger partial charge in [-0.1, -0.05) is 0 Å². The van der Waals surface area contributed by atoms with Crippen LogP contribution in [0.2, 0.25) is 0 Å². The Kier molecular flexibility index (Phi) is 3.18. The van der Waals surface area contributed by atoms with Crippen molar-refractivity contribution >= 4 is 16.2 Å². The van der Waals surface area contributed by atoms with Crippen molar-refractivity contribution in [3.8, 4) is 5.75 Å². The number of hydrogen-bond donors (Lipinski definition) is 1. The predicted molar refractivity (Wildman–Crippen MR) is 53.0 cm³/mol. The number of benzene rings is 1. The van der Waals surface area contributed by atoms with Crippen molar-refractivity contribution in [2.75, 3.05) is 7.11 Å². The molecule has 0 saturated heterocycles. The number of carboxylic acid groups (broad SMARTS) is 1. The second kappa shape index (κ2) is 4.09. The van der Waals surface area contributed by atoms with Crippen LogP contribution in [-0.4, -0.2) is 26.6 Å². The van der Waals surface area contributed by atoms with Crippen molar-refractivity contribution in [2.24, 2.45) is 0 Å². The Morgan fingerprint density at radius 1 is 1.44 bits per heavy atom. The van der Waals surface area contributed by atoms with Gasteiger partial charge in [-0.2, -0.15) is 8.42 Å². The molecule has 0 aromatic heterocycles. The number of ether oxygens (including phenoxy) is 1. The molecular weight excluding hydrogens is 239 g/mol. The van der Waals surface area contributed by atoms with Crippen LogP contribution in [0.25, 0.3) is 0 Å². The zero-order chi connectivity index (χ0) is 12.5. The maximum atomic E-state index is 12.8. The van der Waals surface area contributed by atoms with E-state index in [-0.39, 0.29) is 16.9 Å². The van der Waals surface area contributed by atoms with Gasteiger partial charge in [0.2, 0.25) is 0 Å². The third-order valence-electron chi connectivity index (χ3n) is 2.00. The monoisotopic (exact) mass is 248 g/mol. The molecule has 1 aromatic rings. The van der Waals surface area contributed by atoms with Crippen LogP contribution in [0.3, 0.4) is 0 Å². The summed E-state index contributed by atoms with van der Waals surface area (Å²) in [6, 6.07) is 1.90. The second-order valence-corrected chi connectivity index (χ2v) is 4.38. The smallest absolute Gasteiger partial charge is 0.336 e. The van der Waals surface area contributed by atoms with Gasteiger partial charge in [-0.3, -0.25) is 0 Å². The molecule has 88 valence electrons. The summed E-state index contributed by atoms with van der Waals surface area (Å²) in [5, 5.41) is 8.76. The molecule has 5 nitrogen and oxygen atoms in total. The van der Waals surface area contributed by atoms with E-state index in [4.69, 9.17) is 5.11 Å². The first-order valence-corrected chi connectivity index (χ1v) is 5.52. The van der Waals surface area contributed by atoms with Crippen LogP contribution in [-0.2, 0) is 10.2 Å². The summed E-state index contributed by atoms with van der Waals surface area (Å²) >= 11 is 0. The van der Waals surface area contributed by atoms with Gasteiger partial charge in [0.15, 0.2) is 0 Å². The second-order valence-electron chi connectivity index (χ2n) is 3.06. The van der Waals surface area contributed by atoms with Gasteiger partial charge < -0.3 is 9.84 Å². The minimum absolute atomic E-state index is 0.218. The van der Waals surface area contributed by atoms with Crippen molar-refractivity contribution in [3.63, 3.8) is 0 Å². The Balaban J connectivity index is 3.60. The van der Waals surface area contributed by atoms with Crippen molar-refractivity contribution in [3.05, 3.63) is 23.3 Å². The van der Waals surface area contributed by atoms with Gasteiger partial charge in [-0.15, -0.1) is 3.89 Å². The maximum absolute atomic E-state index is 12.8. The largest absolute Gasteiger partial charge is 0.495 e. The molecule has 0 spiro atoms. The first kappa shape index (κ1) is 12.4. The molecule has 7 heteroatoms. The highest BCUT2D eigenvalue weighted by Crippen LogP contribution is 2.28. The highest BCUT2D eigenvalue weighted by Gasteiger charge is 2.22. The van der Waals surface area contributed by atoms with Gasteiger partial charge in [0.1, 0.15) is 10.6 Å². The highest BCUT2D eigenvalue weighted by molar-refractivity contribution is 7.86. The zero-order valence-corrected chi connectivity index (χ0v) is 9.34. The Morgan fingerprint density at radius 3 is 2.38 bits per heavy atom. The fourth-order valence-electron chi connectivity index (χ4n) is 1.24. The fourth-order valence-corrected chi connectivity index (χ4v) is 1.88. The van der Waals surface area contributed by atoms with Crippen LogP contribution in [0.15, 0.2) is 17.0 Å². The van der Waals surface area contributed by atoms with E-state index in [0.29, 0.717) is 0 Å². The fraction of sp³-hybridized carbons (Fsp3) is 0.222. The molecule has 0 amide bonds. The van der Waals surface area contributed by atoms with E-state index in [0.717, 1.165) is 12.1 Å². The van der Waals surface area contributed by atoms with Crippen molar-refractivity contribution in [1.82, 2.24) is 0 Å². The lowest BCUT2D eigenvalue weighted by molar-refractivity contribution is 0.0696. The number of aromatic carboxylic acids is 1. The number of halogens is 1. The Labute approximate surface area is 91.7 Å². The third kappa shape index (κ3) is 2.30. The summed E-state index contributed by atoms with van der Waals surface area (Å²) in [6.07, 6.45) is 0. The molecule has 1 aromatic carbocycles. The van der Waals surface area contributed by atoms with Crippen LogP contribution in [0.4, 0.5) is 3.89 Å². The lowest BCUT2D eigenvalue weighted by Crippen LogP contribution is -2.05. The molecular formula is C9H9FO5S. The van der Waals surface area contributed by atoms with E-state index in [1.165, 1.54) is 14.0 Å². The molecule has 0 radical (unpaired) electrons. The van der Waals surface area contributed by atoms with Crippen LogP contribution >= 0.6 is 0 Å². The number of rotatable bonds is 3. The van der Waals surface area contributed by atoms with E-state index in [2.05, 4.69) is 4.74 Å². The molecule has 0 saturated carbocycles. The lowest BCUT2D eigenvalue weighted by atomic mass is 10.1. The topological polar surface area (TPSA) is 80.7 Å². The summed E-state index contributed by atoms with van der Waals surface area (Å²) in [7, 11) is -3.84. The molecule has 0 aliphatic rings. The van der Waals surface area contributed by atoms with Crippen LogP contribution in [0.5, 0.6) is 5.75 Å². The lowest BCUT2D eigenvalue weighted by Gasteiger charge is -2.08. The minimum Gasteiger partial charge on any atom is -0.495 e. The van der Waals surface area contributed by atoms with E-state index >= 15 is 0 Å². The number of carboxylic acids is 1. The molecule has 0 unspecified atom stereocenters. The van der Waals surface area contributed by atoms with Gasteiger partial charge in [-0.25, -0.2) is 4.79 Å². The Morgan fingerprint density at radius 2 is 2.00 bits per heavy atom.